The summed E-state index contributed by atoms with van der Waals surface area (Å²) in [5.41, 5.74) is 3.43. The van der Waals surface area contributed by atoms with Gasteiger partial charge in [0.2, 0.25) is 0 Å². The number of aromatic nitrogens is 3. The molecule has 0 radical (unpaired) electrons. The van der Waals surface area contributed by atoms with Crippen LogP contribution in [-0.2, 0) is 18.6 Å². The van der Waals surface area contributed by atoms with Crippen LogP contribution in [0.5, 0.6) is 11.5 Å². The number of alkyl halides is 1. The fourth-order valence-electron chi connectivity index (χ4n) is 3.53. The van der Waals surface area contributed by atoms with E-state index in [9.17, 15) is 10.2 Å². The van der Waals surface area contributed by atoms with E-state index in [1.807, 2.05) is 43.3 Å². The van der Waals surface area contributed by atoms with Crippen molar-refractivity contribution in [1.29, 1.82) is 0 Å². The summed E-state index contributed by atoms with van der Waals surface area (Å²) in [5, 5.41) is 36.5. The molecule has 1 aromatic heterocycles. The van der Waals surface area contributed by atoms with Crippen molar-refractivity contribution < 1.29 is 24.8 Å². The molecule has 0 unspecified atom stereocenters. The van der Waals surface area contributed by atoms with Crippen LogP contribution in [0.4, 0.5) is 0 Å². The number of benzene rings is 2. The molecule has 0 aliphatic heterocycles. The average Bonchev–Trinajstić information content (AvgIpc) is 3.29. The standard InChI is InChI=1S/C25H32ClN3O5/c1-17-10-19(6-9-24(17)34-15-21(31)11-26)25(2,3)18-4-7-23(8-5-18)33-16-22(32)13-29-12-20(14-30)27-28-29/h4-10,12,21-22,30-32H,11,13-16H2,1-3H3/t21-,22-/m0/s1. The summed E-state index contributed by atoms with van der Waals surface area (Å²) < 4.78 is 12.9. The molecule has 0 saturated heterocycles. The third-order valence-corrected chi connectivity index (χ3v) is 6.03. The van der Waals surface area contributed by atoms with Crippen molar-refractivity contribution in [2.45, 2.75) is 51.5 Å². The highest BCUT2D eigenvalue weighted by Gasteiger charge is 2.24. The Kier molecular flexibility index (Phi) is 8.90. The molecule has 0 bridgehead atoms. The topological polar surface area (TPSA) is 110 Å². The van der Waals surface area contributed by atoms with Gasteiger partial charge in [0.25, 0.3) is 0 Å². The normalized spacial score (nSPS) is 13.5. The first-order valence-electron chi connectivity index (χ1n) is 11.1. The number of aliphatic hydroxyl groups excluding tert-OH is 3. The second-order valence-corrected chi connectivity index (χ2v) is 9.11. The van der Waals surface area contributed by atoms with Gasteiger partial charge >= 0.3 is 0 Å². The van der Waals surface area contributed by atoms with Gasteiger partial charge in [-0.3, -0.25) is 0 Å². The summed E-state index contributed by atoms with van der Waals surface area (Å²) in [4.78, 5) is 0. The maximum absolute atomic E-state index is 10.2. The van der Waals surface area contributed by atoms with Crippen LogP contribution < -0.4 is 9.47 Å². The van der Waals surface area contributed by atoms with Gasteiger partial charge in [0.05, 0.1) is 25.2 Å². The summed E-state index contributed by atoms with van der Waals surface area (Å²) >= 11 is 5.63. The lowest BCUT2D eigenvalue weighted by Gasteiger charge is -2.27. The Morgan fingerprint density at radius 3 is 2.29 bits per heavy atom. The van der Waals surface area contributed by atoms with Gasteiger partial charge in [-0.1, -0.05) is 43.3 Å². The first kappa shape index (κ1) is 26.0. The quantitative estimate of drug-likeness (QED) is 0.335. The Hall–Kier alpha value is -2.65. The summed E-state index contributed by atoms with van der Waals surface area (Å²) in [6, 6.07) is 13.9. The molecule has 0 amide bonds. The van der Waals surface area contributed by atoms with E-state index in [1.165, 1.54) is 4.68 Å². The summed E-state index contributed by atoms with van der Waals surface area (Å²) in [5.74, 6) is 1.52. The van der Waals surface area contributed by atoms with Crippen molar-refractivity contribution in [3.8, 4) is 11.5 Å². The number of aryl methyl sites for hydroxylation is 1. The maximum Gasteiger partial charge on any atom is 0.122 e. The summed E-state index contributed by atoms with van der Waals surface area (Å²) in [6.45, 7) is 6.58. The molecule has 2 atom stereocenters. The molecule has 3 rings (SSSR count). The van der Waals surface area contributed by atoms with Crippen molar-refractivity contribution in [2.24, 2.45) is 0 Å². The second kappa shape index (κ2) is 11.7. The van der Waals surface area contributed by atoms with Gasteiger partial charge in [-0.15, -0.1) is 16.7 Å². The minimum atomic E-state index is -0.765. The van der Waals surface area contributed by atoms with Gasteiger partial charge in [-0.05, 0) is 41.8 Å². The van der Waals surface area contributed by atoms with Gasteiger partial charge in [0.1, 0.15) is 42.6 Å². The van der Waals surface area contributed by atoms with Crippen LogP contribution >= 0.6 is 11.6 Å². The number of hydrogen-bond acceptors (Lipinski definition) is 7. The number of nitrogens with zero attached hydrogens (tertiary/aromatic N) is 3. The summed E-state index contributed by atoms with van der Waals surface area (Å²) in [7, 11) is 0. The predicted octanol–water partition coefficient (Wildman–Crippen LogP) is 2.82. The van der Waals surface area contributed by atoms with E-state index in [-0.39, 0.29) is 37.7 Å². The number of aliphatic hydroxyl groups is 3. The van der Waals surface area contributed by atoms with E-state index in [0.717, 1.165) is 22.4 Å². The Labute approximate surface area is 204 Å². The molecule has 8 nitrogen and oxygen atoms in total. The number of ether oxygens (including phenoxy) is 2. The molecular weight excluding hydrogens is 458 g/mol. The molecule has 0 aliphatic carbocycles. The number of rotatable bonds is 12. The zero-order valence-electron chi connectivity index (χ0n) is 19.7. The highest BCUT2D eigenvalue weighted by molar-refractivity contribution is 6.18. The van der Waals surface area contributed by atoms with E-state index in [0.29, 0.717) is 11.4 Å². The second-order valence-electron chi connectivity index (χ2n) is 8.80. The zero-order valence-corrected chi connectivity index (χ0v) is 20.4. The van der Waals surface area contributed by atoms with E-state index in [2.05, 4.69) is 30.2 Å². The van der Waals surface area contributed by atoms with Gasteiger partial charge in [0.15, 0.2) is 0 Å². The van der Waals surface area contributed by atoms with Gasteiger partial charge in [-0.25, -0.2) is 4.68 Å². The highest BCUT2D eigenvalue weighted by Crippen LogP contribution is 2.34. The molecule has 0 spiro atoms. The molecule has 2 aromatic carbocycles. The monoisotopic (exact) mass is 489 g/mol. The summed E-state index contributed by atoms with van der Waals surface area (Å²) in [6.07, 6.45) is 0.128. The molecule has 1 heterocycles. The Morgan fingerprint density at radius 2 is 1.68 bits per heavy atom. The van der Waals surface area contributed by atoms with Crippen molar-refractivity contribution >= 4 is 11.6 Å². The minimum absolute atomic E-state index is 0.107. The fourth-order valence-corrected chi connectivity index (χ4v) is 3.62. The lowest BCUT2D eigenvalue weighted by atomic mass is 9.77. The minimum Gasteiger partial charge on any atom is -0.491 e. The lowest BCUT2D eigenvalue weighted by Crippen LogP contribution is -2.24. The van der Waals surface area contributed by atoms with Crippen LogP contribution in [0.2, 0.25) is 0 Å². The van der Waals surface area contributed by atoms with Gasteiger partial charge < -0.3 is 24.8 Å². The molecule has 184 valence electrons. The van der Waals surface area contributed by atoms with E-state index in [1.54, 1.807) is 6.20 Å². The first-order valence-corrected chi connectivity index (χ1v) is 11.7. The van der Waals surface area contributed by atoms with Crippen LogP contribution in [-0.4, -0.2) is 61.6 Å². The molecule has 34 heavy (non-hydrogen) atoms. The Bertz CT molecular complexity index is 1050. The van der Waals surface area contributed by atoms with Crippen molar-refractivity contribution in [3.05, 3.63) is 71.0 Å². The average molecular weight is 490 g/mol. The van der Waals surface area contributed by atoms with Crippen LogP contribution in [0.3, 0.4) is 0 Å². The molecular formula is C25H32ClN3O5. The first-order chi connectivity index (χ1) is 16.2. The van der Waals surface area contributed by atoms with E-state index < -0.39 is 12.2 Å². The van der Waals surface area contributed by atoms with E-state index >= 15 is 0 Å². The zero-order chi connectivity index (χ0) is 24.7. The Morgan fingerprint density at radius 1 is 1.00 bits per heavy atom. The molecule has 3 aromatic rings. The molecule has 9 heteroatoms. The number of hydrogen-bond donors (Lipinski definition) is 3. The van der Waals surface area contributed by atoms with Crippen molar-refractivity contribution in [3.63, 3.8) is 0 Å². The van der Waals surface area contributed by atoms with Crippen LogP contribution in [0.15, 0.2) is 48.7 Å². The lowest BCUT2D eigenvalue weighted by molar-refractivity contribution is 0.0888. The van der Waals surface area contributed by atoms with Gasteiger partial charge in [0, 0.05) is 5.41 Å². The van der Waals surface area contributed by atoms with Crippen molar-refractivity contribution in [2.75, 3.05) is 19.1 Å². The third kappa shape index (κ3) is 6.70. The fraction of sp³-hybridized carbons (Fsp3) is 0.440. The van der Waals surface area contributed by atoms with Crippen LogP contribution in [0.1, 0.15) is 36.2 Å². The number of halogens is 1. The third-order valence-electron chi connectivity index (χ3n) is 5.67. The Balaban J connectivity index is 1.59. The van der Waals surface area contributed by atoms with E-state index in [4.69, 9.17) is 26.2 Å². The SMILES string of the molecule is Cc1cc(C(C)(C)c2ccc(OC[C@@H](O)Cn3cc(CO)nn3)cc2)ccc1OC[C@@H](O)CCl. The largest absolute Gasteiger partial charge is 0.491 e. The molecule has 0 aliphatic rings. The highest BCUT2D eigenvalue weighted by atomic mass is 35.5. The smallest absolute Gasteiger partial charge is 0.122 e. The van der Waals surface area contributed by atoms with Crippen LogP contribution in [0, 0.1) is 6.92 Å². The molecule has 0 fully saturated rings. The molecule has 3 N–H and O–H groups in total. The van der Waals surface area contributed by atoms with Gasteiger partial charge in [-0.2, -0.15) is 0 Å². The van der Waals surface area contributed by atoms with Crippen LogP contribution in [0.25, 0.3) is 0 Å². The van der Waals surface area contributed by atoms with Crippen molar-refractivity contribution in [1.82, 2.24) is 15.0 Å². The predicted molar refractivity (Wildman–Crippen MR) is 129 cm³/mol. The molecule has 0 saturated carbocycles. The maximum atomic E-state index is 10.2.